The minimum atomic E-state index is -0.0405. The summed E-state index contributed by atoms with van der Waals surface area (Å²) in [6, 6.07) is 6.95. The number of likely N-dealkylation sites (N-methyl/N-ethyl adjacent to an activating group) is 1. The van der Waals surface area contributed by atoms with Gasteiger partial charge in [0.25, 0.3) is 5.91 Å². The lowest BCUT2D eigenvalue weighted by Gasteiger charge is -2.28. The topological polar surface area (TPSA) is 36.8 Å². The van der Waals surface area contributed by atoms with Crippen LogP contribution in [0.25, 0.3) is 0 Å². The van der Waals surface area contributed by atoms with Crippen molar-refractivity contribution in [3.63, 3.8) is 0 Å². The maximum Gasteiger partial charge on any atom is 0.295 e. The fourth-order valence-electron chi connectivity index (χ4n) is 1.85. The van der Waals surface area contributed by atoms with E-state index in [2.05, 4.69) is 17.4 Å². The third-order valence-electron chi connectivity index (χ3n) is 2.99. The van der Waals surface area contributed by atoms with E-state index in [1.807, 2.05) is 0 Å². The molecule has 1 saturated heterocycles. The van der Waals surface area contributed by atoms with Crippen LogP contribution >= 0.6 is 11.6 Å². The van der Waals surface area contributed by atoms with Crippen molar-refractivity contribution >= 4 is 17.5 Å². The largest absolute Gasteiger partial charge is 1.00 e. The van der Waals surface area contributed by atoms with Crippen molar-refractivity contribution in [2.24, 2.45) is 0 Å². The smallest absolute Gasteiger partial charge is 0.295 e. The van der Waals surface area contributed by atoms with Gasteiger partial charge in [-0.25, -0.2) is 5.01 Å². The molecule has 2 N–H and O–H groups in total. The Morgan fingerprint density at radius 3 is 2.39 bits per heavy atom. The summed E-state index contributed by atoms with van der Waals surface area (Å²) in [4.78, 5) is 14.2. The van der Waals surface area contributed by atoms with Gasteiger partial charge >= 0.3 is 0 Å². The zero-order chi connectivity index (χ0) is 12.3. The highest BCUT2D eigenvalue weighted by molar-refractivity contribution is 6.30. The van der Waals surface area contributed by atoms with Gasteiger partial charge in [0.05, 0.1) is 0 Å². The van der Waals surface area contributed by atoms with Crippen LogP contribution in [0.15, 0.2) is 24.3 Å². The lowest BCUT2D eigenvalue weighted by molar-refractivity contribution is -0.939. The number of rotatable bonds is 2. The summed E-state index contributed by atoms with van der Waals surface area (Å²) in [7, 11) is 2.10. The third kappa shape index (κ3) is 4.14. The van der Waals surface area contributed by atoms with Crippen LogP contribution in [0.2, 0.25) is 5.02 Å². The van der Waals surface area contributed by atoms with Crippen molar-refractivity contribution in [1.82, 2.24) is 10.3 Å². The molecule has 6 heteroatoms. The maximum absolute atomic E-state index is 11.9. The summed E-state index contributed by atoms with van der Waals surface area (Å²) in [5.74, 6) is -0.0405. The first kappa shape index (κ1) is 15.2. The van der Waals surface area contributed by atoms with Gasteiger partial charge in [0.1, 0.15) is 13.1 Å². The highest BCUT2D eigenvalue weighted by atomic mass is 35.5. The van der Waals surface area contributed by atoms with Gasteiger partial charge < -0.3 is 12.4 Å². The van der Waals surface area contributed by atoms with Gasteiger partial charge in [0, 0.05) is 23.7 Å². The fourth-order valence-corrected chi connectivity index (χ4v) is 1.97. The number of quaternary nitrogens is 1. The molecule has 0 atom stereocenters. The van der Waals surface area contributed by atoms with E-state index >= 15 is 0 Å². The summed E-state index contributed by atoms with van der Waals surface area (Å²) in [6.07, 6.45) is 0. The molecule has 0 aliphatic carbocycles. The normalized spacial score (nSPS) is 17.0. The quantitative estimate of drug-likeness (QED) is 0.603. The van der Waals surface area contributed by atoms with E-state index in [4.69, 9.17) is 11.6 Å². The van der Waals surface area contributed by atoms with E-state index in [0.717, 1.165) is 31.2 Å². The zero-order valence-corrected chi connectivity index (χ0v) is 11.8. The van der Waals surface area contributed by atoms with Crippen LogP contribution in [0.1, 0.15) is 10.4 Å². The lowest BCUT2D eigenvalue weighted by atomic mass is 10.2. The van der Waals surface area contributed by atoms with Gasteiger partial charge in [-0.2, -0.15) is 5.43 Å². The van der Waals surface area contributed by atoms with E-state index in [9.17, 15) is 4.79 Å². The van der Waals surface area contributed by atoms with Crippen LogP contribution < -0.4 is 22.8 Å². The predicted molar refractivity (Wildman–Crippen MR) is 67.1 cm³/mol. The molecule has 0 unspecified atom stereocenters. The number of nitrogens with one attached hydrogen (secondary N) is 2. The highest BCUT2D eigenvalue weighted by Gasteiger charge is 2.19. The second-order valence-electron chi connectivity index (χ2n) is 4.37. The molecule has 100 valence electrons. The van der Waals surface area contributed by atoms with Crippen LogP contribution in [-0.2, 0) is 0 Å². The van der Waals surface area contributed by atoms with Crippen molar-refractivity contribution in [3.8, 4) is 0 Å². The molecular weight excluding hydrogens is 273 g/mol. The van der Waals surface area contributed by atoms with Gasteiger partial charge in [-0.3, -0.25) is 9.69 Å². The fraction of sp³-hybridized carbons (Fsp3) is 0.417. The third-order valence-corrected chi connectivity index (χ3v) is 3.24. The molecule has 4 nitrogen and oxygen atoms in total. The maximum atomic E-state index is 11.9. The number of piperazine rings is 1. The average Bonchev–Trinajstić information content (AvgIpc) is 2.33. The number of carbonyl (C=O) groups excluding carboxylic acids is 1. The lowest BCUT2D eigenvalue weighted by Crippen LogP contribution is -3.21. The Kier molecular flexibility index (Phi) is 5.88. The van der Waals surface area contributed by atoms with Gasteiger partial charge in [-0.15, -0.1) is 0 Å². The van der Waals surface area contributed by atoms with Crippen LogP contribution in [0.4, 0.5) is 0 Å². The van der Waals surface area contributed by atoms with Crippen LogP contribution in [-0.4, -0.2) is 44.0 Å². The van der Waals surface area contributed by atoms with E-state index in [0.29, 0.717) is 10.6 Å². The standard InChI is InChI=1S/C12H16ClN3O.ClH/c1-15-6-8-16(9-7-15)14-12(17)10-2-4-11(13)5-3-10;/h2-5H,6-9H2,1H3,(H,14,17);1H. The number of amides is 1. The summed E-state index contributed by atoms with van der Waals surface area (Å²) >= 11 is 5.78. The van der Waals surface area contributed by atoms with Crippen LogP contribution in [0.5, 0.6) is 0 Å². The summed E-state index contributed by atoms with van der Waals surface area (Å²) in [5, 5.41) is 1.77. The van der Waals surface area contributed by atoms with E-state index in [-0.39, 0.29) is 18.3 Å². The van der Waals surface area contributed by atoms with Gasteiger partial charge in [0.2, 0.25) is 0 Å². The molecule has 0 radical (unpaired) electrons. The molecule has 18 heavy (non-hydrogen) atoms. The van der Waals surface area contributed by atoms with E-state index < -0.39 is 0 Å². The minimum Gasteiger partial charge on any atom is -1.00 e. The number of hydrogen-bond acceptors (Lipinski definition) is 2. The van der Waals surface area contributed by atoms with Gasteiger partial charge in [0.15, 0.2) is 0 Å². The molecule has 0 aromatic heterocycles. The molecule has 1 fully saturated rings. The van der Waals surface area contributed by atoms with Crippen molar-refractivity contribution < 1.29 is 22.2 Å². The molecule has 1 heterocycles. The Morgan fingerprint density at radius 2 is 1.83 bits per heavy atom. The Labute approximate surface area is 118 Å². The Bertz CT molecular complexity index is 389. The predicted octanol–water partition coefficient (Wildman–Crippen LogP) is -3.18. The molecule has 1 aliphatic rings. The summed E-state index contributed by atoms with van der Waals surface area (Å²) in [6.45, 7) is 3.90. The second kappa shape index (κ2) is 6.95. The Hall–Kier alpha value is -0.810. The number of carbonyl (C=O) groups is 1. The molecule has 1 aromatic carbocycles. The first-order chi connectivity index (χ1) is 8.15. The molecule has 0 saturated carbocycles. The second-order valence-corrected chi connectivity index (χ2v) is 4.80. The monoisotopic (exact) mass is 289 g/mol. The number of hydrogen-bond donors (Lipinski definition) is 2. The molecule has 1 aliphatic heterocycles. The summed E-state index contributed by atoms with van der Waals surface area (Å²) < 4.78 is 0. The molecule has 0 bridgehead atoms. The van der Waals surface area contributed by atoms with Crippen LogP contribution in [0.3, 0.4) is 0 Å². The first-order valence-corrected chi connectivity index (χ1v) is 6.13. The SMILES string of the molecule is CN1CC[NH+](NC(=O)c2ccc(Cl)cc2)CC1.[Cl-]. The number of halogens is 2. The van der Waals surface area contributed by atoms with Crippen molar-refractivity contribution in [1.29, 1.82) is 0 Å². The van der Waals surface area contributed by atoms with Crippen molar-refractivity contribution in [2.45, 2.75) is 0 Å². The van der Waals surface area contributed by atoms with E-state index in [1.165, 1.54) is 0 Å². The van der Waals surface area contributed by atoms with Crippen molar-refractivity contribution in [3.05, 3.63) is 34.9 Å². The number of nitrogens with zero attached hydrogens (tertiary/aromatic N) is 1. The first-order valence-electron chi connectivity index (χ1n) is 5.75. The van der Waals surface area contributed by atoms with Gasteiger partial charge in [-0.1, -0.05) is 11.6 Å². The van der Waals surface area contributed by atoms with Crippen molar-refractivity contribution in [2.75, 3.05) is 33.2 Å². The van der Waals surface area contributed by atoms with E-state index in [1.54, 1.807) is 24.3 Å². The average molecular weight is 290 g/mol. The highest BCUT2D eigenvalue weighted by Crippen LogP contribution is 2.08. The zero-order valence-electron chi connectivity index (χ0n) is 10.2. The number of benzene rings is 1. The molecule has 0 spiro atoms. The Morgan fingerprint density at radius 1 is 1.28 bits per heavy atom. The molecule has 2 rings (SSSR count). The summed E-state index contributed by atoms with van der Waals surface area (Å²) in [5.41, 5.74) is 3.64. The van der Waals surface area contributed by atoms with Crippen LogP contribution in [0, 0.1) is 0 Å². The van der Waals surface area contributed by atoms with Gasteiger partial charge in [-0.05, 0) is 31.3 Å². The Balaban J connectivity index is 0.00000162. The molecule has 1 amide bonds. The molecular formula is C12H17Cl2N3O. The minimum absolute atomic E-state index is 0. The molecule has 1 aromatic rings.